The predicted molar refractivity (Wildman–Crippen MR) is 48.7 cm³/mol. The van der Waals surface area contributed by atoms with Crippen LogP contribution in [0.2, 0.25) is 0 Å². The fourth-order valence-corrected chi connectivity index (χ4v) is 1.75. The van der Waals surface area contributed by atoms with Gasteiger partial charge in [0.05, 0.1) is 4.92 Å². The largest absolute Gasteiger partial charge is 0.407 e. The molecule has 1 heterocycles. The molecule has 2 rings (SSSR count). The van der Waals surface area contributed by atoms with Crippen LogP contribution in [0.5, 0.6) is 0 Å². The smallest absolute Gasteiger partial charge is 0.298 e. The lowest BCUT2D eigenvalue weighted by Crippen LogP contribution is -2.28. The zero-order valence-electron chi connectivity index (χ0n) is 7.91. The van der Waals surface area contributed by atoms with Crippen molar-refractivity contribution in [2.75, 3.05) is 0 Å². The number of nitro groups is 1. The number of nitrogens with one attached hydrogen (secondary N) is 1. The molecule has 0 amide bonds. The van der Waals surface area contributed by atoms with E-state index in [1.165, 1.54) is 6.07 Å². The van der Waals surface area contributed by atoms with Crippen LogP contribution in [0, 0.1) is 10.1 Å². The Morgan fingerprint density at radius 3 is 2.69 bits per heavy atom. The summed E-state index contributed by atoms with van der Waals surface area (Å²) < 4.78 is 37.5. The van der Waals surface area contributed by atoms with Crippen molar-refractivity contribution in [3.05, 3.63) is 39.4 Å². The van der Waals surface area contributed by atoms with E-state index >= 15 is 0 Å². The molecule has 0 bridgehead atoms. The quantitative estimate of drug-likeness (QED) is 0.597. The maximum Gasteiger partial charge on any atom is 0.407 e. The average Bonchev–Trinajstić information content (AvgIpc) is 2.58. The summed E-state index contributed by atoms with van der Waals surface area (Å²) >= 11 is 0. The first kappa shape index (κ1) is 10.9. The summed E-state index contributed by atoms with van der Waals surface area (Å²) in [5, 5.41) is 12.7. The first-order chi connectivity index (χ1) is 7.39. The lowest BCUT2D eigenvalue weighted by molar-refractivity contribution is -0.384. The maximum absolute atomic E-state index is 12.5. The molecule has 1 aromatic carbocycles. The van der Waals surface area contributed by atoms with E-state index in [1.54, 1.807) is 0 Å². The van der Waals surface area contributed by atoms with Crippen molar-refractivity contribution in [2.24, 2.45) is 0 Å². The molecule has 0 aromatic heterocycles. The number of rotatable bonds is 1. The molecule has 1 N–H and O–H groups in total. The van der Waals surface area contributed by atoms with Crippen molar-refractivity contribution in [1.82, 2.24) is 5.32 Å². The Morgan fingerprint density at radius 2 is 2.12 bits per heavy atom. The molecule has 0 spiro atoms. The van der Waals surface area contributed by atoms with Crippen LogP contribution in [0.15, 0.2) is 18.2 Å². The summed E-state index contributed by atoms with van der Waals surface area (Å²) in [6, 6.07) is 1.70. The van der Waals surface area contributed by atoms with Gasteiger partial charge in [-0.05, 0) is 17.2 Å². The van der Waals surface area contributed by atoms with E-state index < -0.39 is 17.1 Å². The van der Waals surface area contributed by atoms with Gasteiger partial charge in [-0.15, -0.1) is 0 Å². The Hall–Kier alpha value is -1.63. The molecule has 7 heteroatoms. The Labute approximate surface area is 88.2 Å². The van der Waals surface area contributed by atoms with Crippen LogP contribution in [0.4, 0.5) is 18.9 Å². The van der Waals surface area contributed by atoms with E-state index in [0.717, 1.165) is 12.1 Å². The number of hydrogen-bond acceptors (Lipinski definition) is 3. The van der Waals surface area contributed by atoms with Crippen molar-refractivity contribution >= 4 is 5.69 Å². The molecule has 0 fully saturated rings. The SMILES string of the molecule is O=[N+]([O-])c1ccc2c(c1)CNC2C(F)(F)F. The summed E-state index contributed by atoms with van der Waals surface area (Å²) in [4.78, 5) is 9.82. The third-order valence-corrected chi connectivity index (χ3v) is 2.47. The Morgan fingerprint density at radius 1 is 1.44 bits per heavy atom. The standard InChI is InChI=1S/C9H7F3N2O2/c10-9(11,12)8-7-2-1-6(14(15)16)3-5(7)4-13-8/h1-3,8,13H,4H2. The van der Waals surface area contributed by atoms with Crippen LogP contribution in [-0.4, -0.2) is 11.1 Å². The van der Waals surface area contributed by atoms with E-state index in [1.807, 2.05) is 0 Å². The van der Waals surface area contributed by atoms with Crippen LogP contribution >= 0.6 is 0 Å². The van der Waals surface area contributed by atoms with Crippen molar-refractivity contribution < 1.29 is 18.1 Å². The number of fused-ring (bicyclic) bond motifs is 1. The molecule has 0 aliphatic carbocycles. The van der Waals surface area contributed by atoms with Crippen molar-refractivity contribution in [3.63, 3.8) is 0 Å². The second-order valence-corrected chi connectivity index (χ2v) is 3.50. The number of benzene rings is 1. The fourth-order valence-electron chi connectivity index (χ4n) is 1.75. The molecule has 0 radical (unpaired) electrons. The summed E-state index contributed by atoms with van der Waals surface area (Å²) in [5.74, 6) is 0. The molecule has 86 valence electrons. The summed E-state index contributed by atoms with van der Waals surface area (Å²) in [5.41, 5.74) is 0.206. The molecule has 1 aliphatic rings. The van der Waals surface area contributed by atoms with E-state index in [2.05, 4.69) is 5.32 Å². The van der Waals surface area contributed by atoms with E-state index in [0.29, 0.717) is 5.56 Å². The highest BCUT2D eigenvalue weighted by atomic mass is 19.4. The predicted octanol–water partition coefficient (Wildman–Crippen LogP) is 2.30. The molecular weight excluding hydrogens is 225 g/mol. The maximum atomic E-state index is 12.5. The topological polar surface area (TPSA) is 55.2 Å². The first-order valence-corrected chi connectivity index (χ1v) is 4.47. The highest BCUT2D eigenvalue weighted by molar-refractivity contribution is 5.44. The molecule has 4 nitrogen and oxygen atoms in total. The second kappa shape index (κ2) is 3.44. The number of non-ortho nitro benzene ring substituents is 1. The molecule has 1 unspecified atom stereocenters. The number of nitrogens with zero attached hydrogens (tertiary/aromatic N) is 1. The highest BCUT2D eigenvalue weighted by Crippen LogP contribution is 2.39. The minimum absolute atomic E-state index is 0.00118. The van der Waals surface area contributed by atoms with Crippen LogP contribution < -0.4 is 5.32 Å². The Bertz CT molecular complexity index is 445. The molecule has 1 aromatic rings. The van der Waals surface area contributed by atoms with Gasteiger partial charge in [0, 0.05) is 18.7 Å². The molecule has 1 atom stereocenters. The minimum Gasteiger partial charge on any atom is -0.298 e. The molecule has 0 saturated heterocycles. The van der Waals surface area contributed by atoms with E-state index in [4.69, 9.17) is 0 Å². The zero-order chi connectivity index (χ0) is 11.9. The van der Waals surface area contributed by atoms with Gasteiger partial charge in [0.2, 0.25) is 0 Å². The van der Waals surface area contributed by atoms with Crippen LogP contribution in [0.1, 0.15) is 17.2 Å². The molecule has 0 saturated carbocycles. The number of alkyl halides is 3. The van der Waals surface area contributed by atoms with Crippen molar-refractivity contribution in [2.45, 2.75) is 18.8 Å². The van der Waals surface area contributed by atoms with Crippen LogP contribution in [0.3, 0.4) is 0 Å². The average molecular weight is 232 g/mol. The Kier molecular flexibility index (Phi) is 2.34. The van der Waals surface area contributed by atoms with Gasteiger partial charge >= 0.3 is 6.18 Å². The third-order valence-electron chi connectivity index (χ3n) is 2.47. The van der Waals surface area contributed by atoms with Gasteiger partial charge in [-0.1, -0.05) is 0 Å². The second-order valence-electron chi connectivity index (χ2n) is 3.50. The van der Waals surface area contributed by atoms with Gasteiger partial charge in [-0.2, -0.15) is 13.2 Å². The van der Waals surface area contributed by atoms with Crippen molar-refractivity contribution in [1.29, 1.82) is 0 Å². The first-order valence-electron chi connectivity index (χ1n) is 4.47. The van der Waals surface area contributed by atoms with Gasteiger partial charge in [-0.25, -0.2) is 0 Å². The van der Waals surface area contributed by atoms with Crippen LogP contribution in [0.25, 0.3) is 0 Å². The number of hydrogen-bond donors (Lipinski definition) is 1. The third kappa shape index (κ3) is 1.73. The molecule has 16 heavy (non-hydrogen) atoms. The summed E-state index contributed by atoms with van der Waals surface area (Å²) in [6.45, 7) is 0.00118. The Balaban J connectivity index is 2.40. The molecular formula is C9H7F3N2O2. The van der Waals surface area contributed by atoms with E-state index in [-0.39, 0.29) is 17.8 Å². The van der Waals surface area contributed by atoms with Crippen molar-refractivity contribution in [3.8, 4) is 0 Å². The number of halogens is 3. The fraction of sp³-hybridized carbons (Fsp3) is 0.333. The van der Waals surface area contributed by atoms with Gasteiger partial charge < -0.3 is 0 Å². The van der Waals surface area contributed by atoms with Crippen LogP contribution in [-0.2, 0) is 6.54 Å². The lowest BCUT2D eigenvalue weighted by atomic mass is 10.0. The molecule has 1 aliphatic heterocycles. The van der Waals surface area contributed by atoms with Gasteiger partial charge in [0.15, 0.2) is 0 Å². The van der Waals surface area contributed by atoms with Gasteiger partial charge in [0.25, 0.3) is 5.69 Å². The monoisotopic (exact) mass is 232 g/mol. The lowest BCUT2D eigenvalue weighted by Gasteiger charge is -2.15. The summed E-state index contributed by atoms with van der Waals surface area (Å²) in [6.07, 6.45) is -4.37. The minimum atomic E-state index is -4.37. The number of nitro benzene ring substituents is 1. The highest BCUT2D eigenvalue weighted by Gasteiger charge is 2.44. The van der Waals surface area contributed by atoms with E-state index in [9.17, 15) is 23.3 Å². The van der Waals surface area contributed by atoms with Gasteiger partial charge in [-0.3, -0.25) is 15.4 Å². The summed E-state index contributed by atoms with van der Waals surface area (Å²) in [7, 11) is 0. The normalized spacial score (nSPS) is 19.6. The van der Waals surface area contributed by atoms with Gasteiger partial charge in [0.1, 0.15) is 6.04 Å². The zero-order valence-corrected chi connectivity index (χ0v) is 7.91.